The smallest absolute Gasteiger partial charge is 0.261 e. The minimum Gasteiger partial charge on any atom is -0.354 e. The molecule has 0 bridgehead atoms. The van der Waals surface area contributed by atoms with Gasteiger partial charge in [-0.15, -0.1) is 0 Å². The lowest BCUT2D eigenvalue weighted by Gasteiger charge is -2.15. The Morgan fingerprint density at radius 2 is 1.71 bits per heavy atom. The Labute approximate surface area is 164 Å². The first kappa shape index (κ1) is 19.9. The average Bonchev–Trinajstić information content (AvgIpc) is 2.88. The second kappa shape index (κ2) is 8.43. The van der Waals surface area contributed by atoms with Crippen molar-refractivity contribution in [1.82, 2.24) is 10.6 Å². The van der Waals surface area contributed by atoms with Gasteiger partial charge in [-0.1, -0.05) is 17.7 Å². The largest absolute Gasteiger partial charge is 0.354 e. The molecule has 28 heavy (non-hydrogen) atoms. The third kappa shape index (κ3) is 4.89. The predicted octanol–water partition coefficient (Wildman–Crippen LogP) is 2.19. The molecule has 0 saturated carbocycles. The van der Waals surface area contributed by atoms with E-state index >= 15 is 0 Å². The van der Waals surface area contributed by atoms with Gasteiger partial charge in [0.15, 0.2) is 0 Å². The number of sulfonamides is 1. The zero-order chi connectivity index (χ0) is 20.1. The van der Waals surface area contributed by atoms with Crippen LogP contribution in [0.5, 0.6) is 0 Å². The van der Waals surface area contributed by atoms with Gasteiger partial charge < -0.3 is 10.6 Å². The van der Waals surface area contributed by atoms with E-state index in [4.69, 9.17) is 0 Å². The molecule has 0 aliphatic carbocycles. The third-order valence-electron chi connectivity index (χ3n) is 4.57. The zero-order valence-electron chi connectivity index (χ0n) is 15.6. The molecule has 1 unspecified atom stereocenters. The summed E-state index contributed by atoms with van der Waals surface area (Å²) in [4.78, 5) is 24.4. The van der Waals surface area contributed by atoms with E-state index < -0.39 is 22.0 Å². The average molecular weight is 401 g/mol. The molecule has 2 aromatic carbocycles. The van der Waals surface area contributed by atoms with Crippen molar-refractivity contribution in [3.05, 3.63) is 59.7 Å². The molecule has 0 spiro atoms. The summed E-state index contributed by atoms with van der Waals surface area (Å²) in [5, 5.41) is 5.48. The minimum atomic E-state index is -3.76. The fourth-order valence-electron chi connectivity index (χ4n) is 2.94. The number of rotatable bonds is 5. The molecule has 3 rings (SSSR count). The van der Waals surface area contributed by atoms with Crippen LogP contribution in [0.25, 0.3) is 0 Å². The quantitative estimate of drug-likeness (QED) is 0.714. The molecule has 1 saturated heterocycles. The van der Waals surface area contributed by atoms with E-state index in [9.17, 15) is 18.0 Å². The molecule has 0 radical (unpaired) electrons. The first-order valence-electron chi connectivity index (χ1n) is 9.13. The number of carbonyl (C=O) groups excluding carboxylic acids is 2. The van der Waals surface area contributed by atoms with Crippen LogP contribution >= 0.6 is 0 Å². The number of nitrogens with one attached hydrogen (secondary N) is 3. The molecular weight excluding hydrogens is 378 g/mol. The van der Waals surface area contributed by atoms with E-state index in [1.165, 1.54) is 24.3 Å². The second-order valence-corrected chi connectivity index (χ2v) is 8.49. The van der Waals surface area contributed by atoms with E-state index in [2.05, 4.69) is 15.4 Å². The summed E-state index contributed by atoms with van der Waals surface area (Å²) in [6.45, 7) is 2.53. The van der Waals surface area contributed by atoms with Gasteiger partial charge in [0.25, 0.3) is 15.9 Å². The van der Waals surface area contributed by atoms with Gasteiger partial charge in [0.2, 0.25) is 5.91 Å². The van der Waals surface area contributed by atoms with Crippen LogP contribution in [-0.2, 0) is 14.8 Å². The Bertz CT molecular complexity index is 954. The van der Waals surface area contributed by atoms with Gasteiger partial charge in [-0.05, 0) is 62.6 Å². The molecule has 1 heterocycles. The molecule has 1 aliphatic heterocycles. The standard InChI is InChI=1S/C20H23N3O4S/c1-14-5-9-16(10-6-14)23-28(26,27)17-11-7-15(8-12-17)19(24)22-18-4-2-3-13-21-20(18)25/h5-12,18,23H,2-4,13H2,1H3,(H,21,25)(H,22,24). The lowest BCUT2D eigenvalue weighted by atomic mass is 10.1. The van der Waals surface area contributed by atoms with Crippen LogP contribution in [0.1, 0.15) is 35.2 Å². The first-order chi connectivity index (χ1) is 13.3. The van der Waals surface area contributed by atoms with Crippen molar-refractivity contribution in [2.45, 2.75) is 37.1 Å². The maximum absolute atomic E-state index is 12.5. The highest BCUT2D eigenvalue weighted by Crippen LogP contribution is 2.17. The monoisotopic (exact) mass is 401 g/mol. The van der Waals surface area contributed by atoms with Gasteiger partial charge in [0, 0.05) is 17.8 Å². The minimum absolute atomic E-state index is 0.0526. The number of hydrogen-bond donors (Lipinski definition) is 3. The highest BCUT2D eigenvalue weighted by atomic mass is 32.2. The van der Waals surface area contributed by atoms with Gasteiger partial charge in [-0.25, -0.2) is 8.42 Å². The van der Waals surface area contributed by atoms with Gasteiger partial charge in [-0.2, -0.15) is 0 Å². The second-order valence-electron chi connectivity index (χ2n) is 6.81. The molecule has 1 atom stereocenters. The topological polar surface area (TPSA) is 104 Å². The highest BCUT2D eigenvalue weighted by molar-refractivity contribution is 7.92. The number of hydrogen-bond acceptors (Lipinski definition) is 4. The van der Waals surface area contributed by atoms with Gasteiger partial charge in [0.1, 0.15) is 6.04 Å². The van der Waals surface area contributed by atoms with E-state index in [1.54, 1.807) is 12.1 Å². The van der Waals surface area contributed by atoms with Crippen LogP contribution in [-0.4, -0.2) is 32.8 Å². The van der Waals surface area contributed by atoms with E-state index in [0.29, 0.717) is 24.2 Å². The van der Waals surface area contributed by atoms with E-state index in [1.807, 2.05) is 19.1 Å². The van der Waals surface area contributed by atoms with Crippen LogP contribution in [0.3, 0.4) is 0 Å². The van der Waals surface area contributed by atoms with Crippen LogP contribution in [0.2, 0.25) is 0 Å². The molecule has 1 fully saturated rings. The van der Waals surface area contributed by atoms with Crippen molar-refractivity contribution in [2.24, 2.45) is 0 Å². The summed E-state index contributed by atoms with van der Waals surface area (Å²) in [7, 11) is -3.76. The summed E-state index contributed by atoms with van der Waals surface area (Å²) < 4.78 is 27.5. The summed E-state index contributed by atoms with van der Waals surface area (Å²) in [5.74, 6) is -0.593. The Hall–Kier alpha value is -2.87. The summed E-state index contributed by atoms with van der Waals surface area (Å²) in [6.07, 6.45) is 2.33. The summed E-state index contributed by atoms with van der Waals surface area (Å²) in [5.41, 5.74) is 1.79. The molecule has 7 nitrogen and oxygen atoms in total. The van der Waals surface area contributed by atoms with Crippen molar-refractivity contribution < 1.29 is 18.0 Å². The van der Waals surface area contributed by atoms with Crippen molar-refractivity contribution in [3.63, 3.8) is 0 Å². The maximum Gasteiger partial charge on any atom is 0.261 e. The highest BCUT2D eigenvalue weighted by Gasteiger charge is 2.23. The number of anilines is 1. The van der Waals surface area contributed by atoms with E-state index in [0.717, 1.165) is 18.4 Å². The van der Waals surface area contributed by atoms with Crippen LogP contribution in [0.4, 0.5) is 5.69 Å². The van der Waals surface area contributed by atoms with Crippen LogP contribution < -0.4 is 15.4 Å². The lowest BCUT2D eigenvalue weighted by molar-refractivity contribution is -0.122. The van der Waals surface area contributed by atoms with Gasteiger partial charge >= 0.3 is 0 Å². The Kier molecular flexibility index (Phi) is 5.99. The summed E-state index contributed by atoms with van der Waals surface area (Å²) >= 11 is 0. The van der Waals surface area contributed by atoms with Crippen molar-refractivity contribution in [2.75, 3.05) is 11.3 Å². The fraction of sp³-hybridized carbons (Fsp3) is 0.300. The predicted molar refractivity (Wildman–Crippen MR) is 107 cm³/mol. The van der Waals surface area contributed by atoms with Crippen LogP contribution in [0, 0.1) is 6.92 Å². The molecular formula is C20H23N3O4S. The van der Waals surface area contributed by atoms with Gasteiger partial charge in [-0.3, -0.25) is 14.3 Å². The third-order valence-corrected chi connectivity index (χ3v) is 5.97. The number of carbonyl (C=O) groups is 2. The van der Waals surface area contributed by atoms with Crippen molar-refractivity contribution >= 4 is 27.5 Å². The maximum atomic E-state index is 12.5. The molecule has 2 aromatic rings. The van der Waals surface area contributed by atoms with E-state index in [-0.39, 0.29) is 10.8 Å². The van der Waals surface area contributed by atoms with Crippen LogP contribution in [0.15, 0.2) is 53.4 Å². The molecule has 3 N–H and O–H groups in total. The van der Waals surface area contributed by atoms with Crippen molar-refractivity contribution in [3.8, 4) is 0 Å². The lowest BCUT2D eigenvalue weighted by Crippen LogP contribution is -2.45. The molecule has 8 heteroatoms. The summed E-state index contributed by atoms with van der Waals surface area (Å²) in [6, 6.07) is 12.1. The Morgan fingerprint density at radius 1 is 1.04 bits per heavy atom. The molecule has 1 aliphatic rings. The zero-order valence-corrected chi connectivity index (χ0v) is 16.4. The SMILES string of the molecule is Cc1ccc(NS(=O)(=O)c2ccc(C(=O)NC3CCCCNC3=O)cc2)cc1. The Balaban J connectivity index is 1.68. The molecule has 2 amide bonds. The Morgan fingerprint density at radius 3 is 2.39 bits per heavy atom. The fourth-order valence-corrected chi connectivity index (χ4v) is 4.00. The number of benzene rings is 2. The van der Waals surface area contributed by atoms with Crippen molar-refractivity contribution in [1.29, 1.82) is 0 Å². The number of amides is 2. The normalized spacial score (nSPS) is 17.3. The molecule has 148 valence electrons. The first-order valence-corrected chi connectivity index (χ1v) is 10.6. The number of aryl methyl sites for hydroxylation is 1. The molecule has 0 aromatic heterocycles. The van der Waals surface area contributed by atoms with Gasteiger partial charge in [0.05, 0.1) is 4.90 Å².